The van der Waals surface area contributed by atoms with E-state index >= 15 is 0 Å². The fourth-order valence-corrected chi connectivity index (χ4v) is 2.15. The molecule has 3 aromatic rings. The third-order valence-corrected chi connectivity index (χ3v) is 3.25. The van der Waals surface area contributed by atoms with E-state index in [0.29, 0.717) is 27.4 Å². The Kier molecular flexibility index (Phi) is 3.30. The van der Waals surface area contributed by atoms with Crippen molar-refractivity contribution in [2.45, 2.75) is 0 Å². The summed E-state index contributed by atoms with van der Waals surface area (Å²) in [7, 11) is 0. The molecule has 0 saturated carbocycles. The molecule has 0 atom stereocenters. The predicted molar refractivity (Wildman–Crippen MR) is 81.8 cm³/mol. The van der Waals surface area contributed by atoms with Crippen molar-refractivity contribution in [2.75, 3.05) is 5.32 Å². The molecule has 0 bridgehead atoms. The molecule has 0 spiro atoms. The molecule has 0 unspecified atom stereocenters. The van der Waals surface area contributed by atoms with E-state index in [-0.39, 0.29) is 5.56 Å². The number of pyridine rings is 2. The highest BCUT2D eigenvalue weighted by molar-refractivity contribution is 6.30. The van der Waals surface area contributed by atoms with Crippen molar-refractivity contribution >= 4 is 34.0 Å². The Labute approximate surface area is 124 Å². The van der Waals surface area contributed by atoms with Crippen LogP contribution in [0.2, 0.25) is 5.02 Å². The van der Waals surface area contributed by atoms with Crippen LogP contribution in [0, 0.1) is 11.3 Å². The van der Waals surface area contributed by atoms with Crippen LogP contribution in [0.5, 0.6) is 0 Å². The highest BCUT2D eigenvalue weighted by Gasteiger charge is 2.13. The lowest BCUT2D eigenvalue weighted by Crippen LogP contribution is -2.13. The third-order valence-electron chi connectivity index (χ3n) is 3.00. The van der Waals surface area contributed by atoms with Gasteiger partial charge >= 0.3 is 0 Å². The number of H-pyrrole nitrogens is 1. The Morgan fingerprint density at radius 2 is 2.00 bits per heavy atom. The molecular formula is C15H9ClN4O. The standard InChI is InChI=1S/C15H9ClN4O/c16-9-3-5-10(6-4-9)19-13-11(8-17)15(21)20-12-2-1-7-18-14(12)13/h1-7H,(H2,19,20,21). The van der Waals surface area contributed by atoms with Crippen molar-refractivity contribution in [3.05, 3.63) is 63.5 Å². The second kappa shape index (κ2) is 5.27. The van der Waals surface area contributed by atoms with E-state index in [1.54, 1.807) is 42.6 Å². The number of anilines is 2. The minimum atomic E-state index is -0.450. The number of aromatic amines is 1. The van der Waals surface area contributed by atoms with E-state index in [1.807, 2.05) is 6.07 Å². The van der Waals surface area contributed by atoms with Crippen LogP contribution >= 0.6 is 11.6 Å². The molecule has 0 saturated heterocycles. The predicted octanol–water partition coefficient (Wildman–Crippen LogP) is 3.19. The van der Waals surface area contributed by atoms with Crippen molar-refractivity contribution < 1.29 is 0 Å². The molecule has 5 nitrogen and oxygen atoms in total. The first-order valence-electron chi connectivity index (χ1n) is 6.13. The molecule has 2 aromatic heterocycles. The second-order valence-electron chi connectivity index (χ2n) is 4.35. The Hall–Kier alpha value is -2.84. The van der Waals surface area contributed by atoms with Crippen LogP contribution in [0.1, 0.15) is 5.56 Å². The highest BCUT2D eigenvalue weighted by atomic mass is 35.5. The van der Waals surface area contributed by atoms with Crippen LogP contribution in [0.3, 0.4) is 0 Å². The molecule has 0 aliphatic rings. The molecule has 0 radical (unpaired) electrons. The summed E-state index contributed by atoms with van der Waals surface area (Å²) >= 11 is 5.85. The number of nitriles is 1. The molecule has 3 rings (SSSR count). The van der Waals surface area contributed by atoms with Gasteiger partial charge < -0.3 is 10.3 Å². The van der Waals surface area contributed by atoms with Gasteiger partial charge in [0, 0.05) is 16.9 Å². The lowest BCUT2D eigenvalue weighted by Gasteiger charge is -2.10. The third kappa shape index (κ3) is 2.45. The van der Waals surface area contributed by atoms with Crippen LogP contribution in [0.25, 0.3) is 11.0 Å². The summed E-state index contributed by atoms with van der Waals surface area (Å²) in [5.74, 6) is 0. The molecule has 102 valence electrons. The van der Waals surface area contributed by atoms with Gasteiger partial charge in [-0.2, -0.15) is 5.26 Å². The summed E-state index contributed by atoms with van der Waals surface area (Å²) < 4.78 is 0. The second-order valence-corrected chi connectivity index (χ2v) is 4.78. The summed E-state index contributed by atoms with van der Waals surface area (Å²) in [6, 6.07) is 12.3. The molecular weight excluding hydrogens is 288 g/mol. The van der Waals surface area contributed by atoms with E-state index < -0.39 is 5.56 Å². The zero-order valence-corrected chi connectivity index (χ0v) is 11.5. The van der Waals surface area contributed by atoms with Gasteiger partial charge in [-0.15, -0.1) is 0 Å². The van der Waals surface area contributed by atoms with E-state index in [1.165, 1.54) is 0 Å². The number of nitrogens with zero attached hydrogens (tertiary/aromatic N) is 2. The van der Waals surface area contributed by atoms with Gasteiger partial charge in [0.25, 0.3) is 5.56 Å². The van der Waals surface area contributed by atoms with Crippen LogP contribution < -0.4 is 10.9 Å². The van der Waals surface area contributed by atoms with Crippen molar-refractivity contribution in [1.82, 2.24) is 9.97 Å². The van der Waals surface area contributed by atoms with Crippen molar-refractivity contribution in [3.63, 3.8) is 0 Å². The fraction of sp³-hybridized carbons (Fsp3) is 0. The summed E-state index contributed by atoms with van der Waals surface area (Å²) in [6.07, 6.45) is 1.61. The van der Waals surface area contributed by atoms with Gasteiger partial charge in [0.05, 0.1) is 11.2 Å². The Morgan fingerprint density at radius 1 is 1.24 bits per heavy atom. The van der Waals surface area contributed by atoms with Gasteiger partial charge in [-0.3, -0.25) is 9.78 Å². The number of nitrogens with one attached hydrogen (secondary N) is 2. The minimum Gasteiger partial charge on any atom is -0.352 e. The summed E-state index contributed by atoms with van der Waals surface area (Å²) in [5.41, 5.74) is 1.75. The number of hydrogen-bond donors (Lipinski definition) is 2. The first-order valence-corrected chi connectivity index (χ1v) is 6.50. The van der Waals surface area contributed by atoms with Gasteiger partial charge in [0.15, 0.2) is 0 Å². The number of fused-ring (bicyclic) bond motifs is 1. The summed E-state index contributed by atoms with van der Waals surface area (Å²) in [5, 5.41) is 12.9. The van der Waals surface area contributed by atoms with Crippen LogP contribution in [-0.2, 0) is 0 Å². The first kappa shape index (κ1) is 13.2. The zero-order chi connectivity index (χ0) is 14.8. The molecule has 0 aliphatic heterocycles. The van der Waals surface area contributed by atoms with E-state index in [9.17, 15) is 10.1 Å². The maximum atomic E-state index is 12.0. The number of halogens is 1. The maximum Gasteiger partial charge on any atom is 0.268 e. The normalized spacial score (nSPS) is 10.3. The molecule has 0 fully saturated rings. The zero-order valence-electron chi connectivity index (χ0n) is 10.7. The van der Waals surface area contributed by atoms with Crippen molar-refractivity contribution in [3.8, 4) is 6.07 Å². The molecule has 2 heterocycles. The fourth-order valence-electron chi connectivity index (χ4n) is 2.03. The topological polar surface area (TPSA) is 81.6 Å². The van der Waals surface area contributed by atoms with Gasteiger partial charge in [-0.25, -0.2) is 0 Å². The highest BCUT2D eigenvalue weighted by Crippen LogP contribution is 2.25. The van der Waals surface area contributed by atoms with E-state index in [2.05, 4.69) is 15.3 Å². The molecule has 2 N–H and O–H groups in total. The quantitative estimate of drug-likeness (QED) is 0.761. The lowest BCUT2D eigenvalue weighted by molar-refractivity contribution is 1.24. The summed E-state index contributed by atoms with van der Waals surface area (Å²) in [6.45, 7) is 0. The van der Waals surface area contributed by atoms with Gasteiger partial charge in [0.1, 0.15) is 17.1 Å². The SMILES string of the molecule is N#Cc1c(Nc2ccc(Cl)cc2)c2ncccc2[nH]c1=O. The van der Waals surface area contributed by atoms with E-state index in [0.717, 1.165) is 0 Å². The molecule has 6 heteroatoms. The summed E-state index contributed by atoms with van der Waals surface area (Å²) in [4.78, 5) is 18.8. The molecule has 0 aliphatic carbocycles. The first-order chi connectivity index (χ1) is 10.2. The van der Waals surface area contributed by atoms with E-state index in [4.69, 9.17) is 11.6 Å². The largest absolute Gasteiger partial charge is 0.352 e. The smallest absolute Gasteiger partial charge is 0.268 e. The number of benzene rings is 1. The number of aromatic nitrogens is 2. The maximum absolute atomic E-state index is 12.0. The van der Waals surface area contributed by atoms with Crippen LogP contribution in [0.4, 0.5) is 11.4 Å². The molecule has 1 aromatic carbocycles. The van der Waals surface area contributed by atoms with Gasteiger partial charge in [0.2, 0.25) is 0 Å². The average Bonchev–Trinajstić information content (AvgIpc) is 2.49. The molecule has 21 heavy (non-hydrogen) atoms. The van der Waals surface area contributed by atoms with Crippen molar-refractivity contribution in [1.29, 1.82) is 5.26 Å². The Bertz CT molecular complexity index is 910. The van der Waals surface area contributed by atoms with Gasteiger partial charge in [-0.1, -0.05) is 11.6 Å². The monoisotopic (exact) mass is 296 g/mol. The Morgan fingerprint density at radius 3 is 2.71 bits per heavy atom. The number of rotatable bonds is 2. The molecule has 0 amide bonds. The van der Waals surface area contributed by atoms with Crippen molar-refractivity contribution in [2.24, 2.45) is 0 Å². The number of hydrogen-bond acceptors (Lipinski definition) is 4. The van der Waals surface area contributed by atoms with Crippen LogP contribution in [-0.4, -0.2) is 9.97 Å². The lowest BCUT2D eigenvalue weighted by atomic mass is 10.2. The minimum absolute atomic E-state index is 0.00356. The van der Waals surface area contributed by atoms with Crippen LogP contribution in [0.15, 0.2) is 47.4 Å². The Balaban J connectivity index is 2.22. The average molecular weight is 297 g/mol. The van der Waals surface area contributed by atoms with Gasteiger partial charge in [-0.05, 0) is 36.4 Å².